The van der Waals surface area contributed by atoms with Crippen LogP contribution < -0.4 is 4.90 Å². The highest BCUT2D eigenvalue weighted by Gasteiger charge is 2.47. The fraction of sp³-hybridized carbons (Fsp3) is 0.412. The van der Waals surface area contributed by atoms with E-state index in [1.165, 1.54) is 6.33 Å². The van der Waals surface area contributed by atoms with Crippen LogP contribution >= 0.6 is 0 Å². The number of hydrogen-bond donors (Lipinski definition) is 0. The molecule has 2 unspecified atom stereocenters. The largest absolute Gasteiger partial charge is 0.305 e. The Morgan fingerprint density at radius 3 is 2.83 bits per heavy atom. The Balaban J connectivity index is 1.54. The first kappa shape index (κ1) is 14.3. The number of rotatable bonds is 3. The molecule has 6 nitrogen and oxygen atoms in total. The molecule has 6 heteroatoms. The van der Waals surface area contributed by atoms with Crippen molar-refractivity contribution < 1.29 is 4.79 Å². The Hall–Kier alpha value is -2.34. The summed E-state index contributed by atoms with van der Waals surface area (Å²) >= 11 is 0. The second-order valence-electron chi connectivity index (χ2n) is 6.23. The fourth-order valence-electron chi connectivity index (χ4n) is 3.77. The Morgan fingerprint density at radius 1 is 1.22 bits per heavy atom. The molecular formula is C17H19N5O. The van der Waals surface area contributed by atoms with Gasteiger partial charge in [0.2, 0.25) is 5.91 Å². The van der Waals surface area contributed by atoms with Crippen molar-refractivity contribution in [3.8, 4) is 0 Å². The molecule has 0 radical (unpaired) electrons. The van der Waals surface area contributed by atoms with Gasteiger partial charge < -0.3 is 4.90 Å². The molecule has 1 amide bonds. The first-order chi connectivity index (χ1) is 11.2. The summed E-state index contributed by atoms with van der Waals surface area (Å²) in [6.45, 7) is 3.80. The van der Waals surface area contributed by atoms with E-state index in [0.717, 1.165) is 36.6 Å². The van der Waals surface area contributed by atoms with Gasteiger partial charge in [-0.3, -0.25) is 14.7 Å². The van der Waals surface area contributed by atoms with Gasteiger partial charge in [-0.15, -0.1) is 0 Å². The number of nitrogens with zero attached hydrogens (tertiary/aromatic N) is 5. The molecule has 2 atom stereocenters. The van der Waals surface area contributed by atoms with Crippen molar-refractivity contribution in [2.75, 3.05) is 11.4 Å². The summed E-state index contributed by atoms with van der Waals surface area (Å²) in [7, 11) is 0. The Bertz CT molecular complexity index is 720. The summed E-state index contributed by atoms with van der Waals surface area (Å²) in [5.41, 5.74) is 2.91. The minimum Gasteiger partial charge on any atom is -0.305 e. The maximum atomic E-state index is 12.5. The van der Waals surface area contributed by atoms with Crippen LogP contribution in [0.15, 0.2) is 36.9 Å². The zero-order valence-electron chi connectivity index (χ0n) is 13.1. The molecule has 0 saturated carbocycles. The van der Waals surface area contributed by atoms with Crippen molar-refractivity contribution in [2.24, 2.45) is 0 Å². The molecule has 2 aromatic heterocycles. The minimum atomic E-state index is 0.164. The van der Waals surface area contributed by atoms with Gasteiger partial charge in [0.05, 0.1) is 29.8 Å². The lowest BCUT2D eigenvalue weighted by Crippen LogP contribution is -2.37. The van der Waals surface area contributed by atoms with Gasteiger partial charge in [-0.1, -0.05) is 6.07 Å². The van der Waals surface area contributed by atoms with Crippen LogP contribution in [-0.4, -0.2) is 44.4 Å². The molecule has 0 bridgehead atoms. The Labute approximate surface area is 135 Å². The summed E-state index contributed by atoms with van der Waals surface area (Å²) in [5, 5.41) is 0. The van der Waals surface area contributed by atoms with Crippen LogP contribution in [0.2, 0.25) is 0 Å². The van der Waals surface area contributed by atoms with E-state index < -0.39 is 0 Å². The number of amides is 1. The van der Waals surface area contributed by atoms with Crippen LogP contribution in [0.4, 0.5) is 5.69 Å². The highest BCUT2D eigenvalue weighted by molar-refractivity contribution is 5.97. The Kier molecular flexibility index (Phi) is 3.53. The average Bonchev–Trinajstić information content (AvgIpc) is 3.07. The summed E-state index contributed by atoms with van der Waals surface area (Å²) < 4.78 is 0. The van der Waals surface area contributed by atoms with E-state index in [-0.39, 0.29) is 18.0 Å². The van der Waals surface area contributed by atoms with Crippen molar-refractivity contribution >= 4 is 11.6 Å². The number of pyridine rings is 1. The number of carbonyl (C=O) groups excluding carboxylic acids is 1. The third-order valence-electron chi connectivity index (χ3n) is 4.75. The number of fused-ring (bicyclic) bond motifs is 1. The summed E-state index contributed by atoms with van der Waals surface area (Å²) in [4.78, 5) is 29.4. The SMILES string of the molecule is Cc1cccc(CN2CCC3C2CC(=O)N3c2cncnc2)n1. The number of aryl methyl sites for hydroxylation is 1. The lowest BCUT2D eigenvalue weighted by Gasteiger charge is -2.24. The van der Waals surface area contributed by atoms with Gasteiger partial charge in [-0.2, -0.15) is 0 Å². The van der Waals surface area contributed by atoms with Crippen molar-refractivity contribution in [2.45, 2.75) is 38.4 Å². The van der Waals surface area contributed by atoms with E-state index in [2.05, 4.69) is 25.9 Å². The zero-order valence-corrected chi connectivity index (χ0v) is 13.1. The van der Waals surface area contributed by atoms with Gasteiger partial charge in [0.25, 0.3) is 0 Å². The van der Waals surface area contributed by atoms with E-state index >= 15 is 0 Å². The van der Waals surface area contributed by atoms with Crippen LogP contribution in [0, 0.1) is 6.92 Å². The zero-order chi connectivity index (χ0) is 15.8. The lowest BCUT2D eigenvalue weighted by atomic mass is 10.1. The third-order valence-corrected chi connectivity index (χ3v) is 4.75. The highest BCUT2D eigenvalue weighted by Crippen LogP contribution is 2.36. The molecule has 0 N–H and O–H groups in total. The van der Waals surface area contributed by atoms with Gasteiger partial charge in [0.1, 0.15) is 6.33 Å². The first-order valence-electron chi connectivity index (χ1n) is 7.96. The average molecular weight is 309 g/mol. The maximum absolute atomic E-state index is 12.5. The monoisotopic (exact) mass is 309 g/mol. The van der Waals surface area contributed by atoms with Crippen LogP contribution in [0.25, 0.3) is 0 Å². The molecule has 2 saturated heterocycles. The number of anilines is 1. The number of likely N-dealkylation sites (tertiary alicyclic amines) is 1. The topological polar surface area (TPSA) is 62.2 Å². The van der Waals surface area contributed by atoms with Crippen LogP contribution in [0.1, 0.15) is 24.2 Å². The molecule has 23 heavy (non-hydrogen) atoms. The molecule has 0 aromatic carbocycles. The van der Waals surface area contributed by atoms with Gasteiger partial charge in [-0.05, 0) is 25.5 Å². The van der Waals surface area contributed by atoms with E-state index in [9.17, 15) is 4.79 Å². The van der Waals surface area contributed by atoms with Crippen LogP contribution in [0.5, 0.6) is 0 Å². The summed E-state index contributed by atoms with van der Waals surface area (Å²) in [6, 6.07) is 6.58. The quantitative estimate of drug-likeness (QED) is 0.861. The molecule has 0 aliphatic carbocycles. The molecule has 4 rings (SSSR count). The highest BCUT2D eigenvalue weighted by atomic mass is 16.2. The molecule has 2 fully saturated rings. The van der Waals surface area contributed by atoms with Gasteiger partial charge in [0, 0.05) is 31.2 Å². The summed E-state index contributed by atoms with van der Waals surface area (Å²) in [6.07, 6.45) is 6.48. The van der Waals surface area contributed by atoms with Crippen LogP contribution in [-0.2, 0) is 11.3 Å². The van der Waals surface area contributed by atoms with Crippen molar-refractivity contribution in [1.82, 2.24) is 19.9 Å². The molecule has 4 heterocycles. The second-order valence-corrected chi connectivity index (χ2v) is 6.23. The number of hydrogen-bond acceptors (Lipinski definition) is 5. The predicted molar refractivity (Wildman–Crippen MR) is 85.7 cm³/mol. The van der Waals surface area contributed by atoms with E-state index in [1.54, 1.807) is 12.4 Å². The molecule has 118 valence electrons. The second kappa shape index (κ2) is 5.70. The standard InChI is InChI=1S/C17H19N5O/c1-12-3-2-4-13(20-12)10-21-6-5-15-16(21)7-17(23)22(15)14-8-18-11-19-9-14/h2-4,8-9,11,15-16H,5-7,10H2,1H3. The minimum absolute atomic E-state index is 0.164. The van der Waals surface area contributed by atoms with E-state index in [4.69, 9.17) is 0 Å². The fourth-order valence-corrected chi connectivity index (χ4v) is 3.77. The third kappa shape index (κ3) is 2.59. The molecule has 2 aliphatic rings. The van der Waals surface area contributed by atoms with E-state index in [0.29, 0.717) is 6.42 Å². The predicted octanol–water partition coefficient (Wildman–Crippen LogP) is 1.56. The van der Waals surface area contributed by atoms with Gasteiger partial charge in [0.15, 0.2) is 0 Å². The molecule has 0 spiro atoms. The number of aromatic nitrogens is 3. The van der Waals surface area contributed by atoms with Crippen molar-refractivity contribution in [3.05, 3.63) is 48.3 Å². The molecule has 2 aliphatic heterocycles. The number of carbonyl (C=O) groups is 1. The normalized spacial score (nSPS) is 24.2. The van der Waals surface area contributed by atoms with Crippen molar-refractivity contribution in [3.63, 3.8) is 0 Å². The lowest BCUT2D eigenvalue weighted by molar-refractivity contribution is -0.117. The van der Waals surface area contributed by atoms with E-state index in [1.807, 2.05) is 24.0 Å². The molecule has 2 aromatic rings. The smallest absolute Gasteiger partial charge is 0.229 e. The Morgan fingerprint density at radius 2 is 2.04 bits per heavy atom. The first-order valence-corrected chi connectivity index (χ1v) is 7.96. The summed E-state index contributed by atoms with van der Waals surface area (Å²) in [5.74, 6) is 0.164. The molecular weight excluding hydrogens is 290 g/mol. The maximum Gasteiger partial charge on any atom is 0.229 e. The van der Waals surface area contributed by atoms with Gasteiger partial charge >= 0.3 is 0 Å². The van der Waals surface area contributed by atoms with Crippen LogP contribution in [0.3, 0.4) is 0 Å². The van der Waals surface area contributed by atoms with Gasteiger partial charge in [-0.25, -0.2) is 9.97 Å². The van der Waals surface area contributed by atoms with Crippen molar-refractivity contribution in [1.29, 1.82) is 0 Å².